The number of fused-ring (bicyclic) bond motifs is 2. The van der Waals surface area contributed by atoms with Gasteiger partial charge in [-0.05, 0) is 12.5 Å². The van der Waals surface area contributed by atoms with E-state index in [1.54, 1.807) is 12.1 Å². The maximum Gasteiger partial charge on any atom is 0.243 e. The molecule has 1 unspecified atom stereocenters. The number of ether oxygens (including phenoxy) is 1. The fourth-order valence-electron chi connectivity index (χ4n) is 4.70. The zero-order valence-corrected chi connectivity index (χ0v) is 18.3. The van der Waals surface area contributed by atoms with Crippen LogP contribution in [0.15, 0.2) is 59.5 Å². The van der Waals surface area contributed by atoms with E-state index in [0.29, 0.717) is 28.5 Å². The lowest BCUT2D eigenvalue weighted by atomic mass is 9.88. The van der Waals surface area contributed by atoms with Crippen LogP contribution in [0.5, 0.6) is 0 Å². The Hall–Kier alpha value is -2.41. The van der Waals surface area contributed by atoms with Crippen LogP contribution in [0.1, 0.15) is 41.3 Å². The maximum absolute atomic E-state index is 12.6. The highest BCUT2D eigenvalue weighted by Gasteiger charge is 2.46. The fourth-order valence-corrected chi connectivity index (χ4v) is 5.96. The monoisotopic (exact) mass is 435 g/mol. The van der Waals surface area contributed by atoms with E-state index >= 15 is 0 Å². The van der Waals surface area contributed by atoms with Gasteiger partial charge < -0.3 is 9.84 Å². The Bertz CT molecular complexity index is 1070. The average molecular weight is 436 g/mol. The van der Waals surface area contributed by atoms with Crippen molar-refractivity contribution >= 4 is 29.1 Å². The highest BCUT2D eigenvalue weighted by molar-refractivity contribution is 8.04. The van der Waals surface area contributed by atoms with Crippen molar-refractivity contribution in [1.82, 2.24) is 4.90 Å². The topological polar surface area (TPSA) is 66.8 Å². The molecule has 1 saturated heterocycles. The lowest BCUT2D eigenvalue weighted by molar-refractivity contribution is -0.111. The second-order valence-corrected chi connectivity index (χ2v) is 9.84. The summed E-state index contributed by atoms with van der Waals surface area (Å²) in [6.45, 7) is 4.03. The van der Waals surface area contributed by atoms with Crippen LogP contribution >= 0.6 is 11.8 Å². The van der Waals surface area contributed by atoms with Crippen molar-refractivity contribution in [3.8, 4) is 0 Å². The molecule has 160 valence electrons. The normalized spacial score (nSPS) is 22.5. The van der Waals surface area contributed by atoms with Crippen molar-refractivity contribution < 1.29 is 19.4 Å². The Morgan fingerprint density at radius 2 is 1.65 bits per heavy atom. The molecule has 0 amide bonds. The molecule has 5 rings (SSSR count). The molecule has 2 aromatic carbocycles. The summed E-state index contributed by atoms with van der Waals surface area (Å²) in [6, 6.07) is 17.0. The van der Waals surface area contributed by atoms with Gasteiger partial charge in [0.2, 0.25) is 11.6 Å². The third-order valence-electron chi connectivity index (χ3n) is 6.53. The molecule has 2 aliphatic heterocycles. The molecule has 2 heterocycles. The van der Waals surface area contributed by atoms with Crippen molar-refractivity contribution in [3.05, 3.63) is 76.2 Å². The number of Topliss-reactive ketones (excluding diaryl/α,β-unsaturated/α-hetero) is 2. The van der Waals surface area contributed by atoms with E-state index in [1.165, 1.54) is 11.8 Å². The van der Waals surface area contributed by atoms with Crippen LogP contribution in [0, 0.1) is 0 Å². The number of β-amino-alcohol motifs (C(OH)–C–C–N with tert-alkyl or cyclic N) is 1. The van der Waals surface area contributed by atoms with Gasteiger partial charge in [-0.1, -0.05) is 54.6 Å². The fraction of sp³-hybridized carbons (Fsp3) is 0.360. The first-order valence-corrected chi connectivity index (χ1v) is 11.6. The number of aliphatic hydroxyl groups is 1. The lowest BCUT2D eigenvalue weighted by Gasteiger charge is -2.46. The van der Waals surface area contributed by atoms with Gasteiger partial charge in [-0.3, -0.25) is 14.5 Å². The molecule has 2 aromatic rings. The number of carbonyl (C=O) groups excluding carboxylic acids is 2. The van der Waals surface area contributed by atoms with E-state index in [1.807, 2.05) is 49.4 Å². The molecule has 1 aliphatic carbocycles. The Balaban J connectivity index is 1.32. The molecular weight excluding hydrogens is 410 g/mol. The van der Waals surface area contributed by atoms with Gasteiger partial charge in [-0.25, -0.2) is 0 Å². The van der Waals surface area contributed by atoms with Crippen molar-refractivity contribution in [1.29, 1.82) is 0 Å². The van der Waals surface area contributed by atoms with Gasteiger partial charge in [-0.15, -0.1) is 11.8 Å². The Labute approximate surface area is 186 Å². The van der Waals surface area contributed by atoms with Gasteiger partial charge in [0.1, 0.15) is 16.3 Å². The molecule has 31 heavy (non-hydrogen) atoms. The highest BCUT2D eigenvalue weighted by atomic mass is 32.2. The molecule has 1 fully saturated rings. The molecule has 6 heteroatoms. The molecule has 0 aromatic heterocycles. The van der Waals surface area contributed by atoms with E-state index < -0.39 is 17.2 Å². The van der Waals surface area contributed by atoms with E-state index in [9.17, 15) is 14.7 Å². The number of allylic oxidation sites excluding steroid dienone is 1. The highest BCUT2D eigenvalue weighted by Crippen LogP contribution is 2.47. The largest absolute Gasteiger partial charge is 0.484 e. The SMILES string of the molecule is CC(O)(CN1CCC2(CC1)CSC1=C(O2)c2ccccc2C(=O)C1=O)c1ccccc1. The molecule has 3 aliphatic rings. The second kappa shape index (κ2) is 7.62. The van der Waals surface area contributed by atoms with Gasteiger partial charge >= 0.3 is 0 Å². The van der Waals surface area contributed by atoms with Crippen molar-refractivity contribution in [2.45, 2.75) is 31.0 Å². The van der Waals surface area contributed by atoms with Gasteiger partial charge in [0.05, 0.1) is 5.60 Å². The van der Waals surface area contributed by atoms with Crippen LogP contribution < -0.4 is 0 Å². The summed E-state index contributed by atoms with van der Waals surface area (Å²) in [4.78, 5) is 27.8. The molecule has 1 spiro atoms. The summed E-state index contributed by atoms with van der Waals surface area (Å²) in [5, 5.41) is 11.0. The quantitative estimate of drug-likeness (QED) is 0.743. The van der Waals surface area contributed by atoms with Crippen LogP contribution in [-0.4, -0.2) is 52.6 Å². The van der Waals surface area contributed by atoms with Crippen LogP contribution in [0.3, 0.4) is 0 Å². The Kier molecular flexibility index (Phi) is 5.04. The van der Waals surface area contributed by atoms with E-state index in [2.05, 4.69) is 4.90 Å². The van der Waals surface area contributed by atoms with E-state index in [0.717, 1.165) is 37.1 Å². The van der Waals surface area contributed by atoms with Gasteiger partial charge in [0.25, 0.3) is 0 Å². The first kappa shape index (κ1) is 20.5. The minimum absolute atomic E-state index is 0.355. The Morgan fingerprint density at radius 1 is 1.00 bits per heavy atom. The van der Waals surface area contributed by atoms with Crippen molar-refractivity contribution in [2.75, 3.05) is 25.4 Å². The van der Waals surface area contributed by atoms with Crippen molar-refractivity contribution in [3.63, 3.8) is 0 Å². The first-order valence-electron chi connectivity index (χ1n) is 10.6. The number of ketones is 2. The maximum atomic E-state index is 12.6. The number of benzene rings is 2. The summed E-state index contributed by atoms with van der Waals surface area (Å²) < 4.78 is 6.52. The molecule has 1 N–H and O–H groups in total. The standard InChI is InChI=1S/C25H25NO4S/c1-24(29,17-7-3-2-4-8-17)15-26-13-11-25(12-14-26)16-31-23-21(28)20(27)18-9-5-6-10-19(18)22(23)30-25/h2-10,29H,11-16H2,1H3. The minimum Gasteiger partial charge on any atom is -0.484 e. The number of likely N-dealkylation sites (tertiary alicyclic amines) is 1. The molecular formula is C25H25NO4S. The smallest absolute Gasteiger partial charge is 0.243 e. The summed E-state index contributed by atoms with van der Waals surface area (Å²) in [5.41, 5.74) is 0.797. The van der Waals surface area contributed by atoms with Gasteiger partial charge in [0.15, 0.2) is 0 Å². The number of thioether (sulfide) groups is 1. The van der Waals surface area contributed by atoms with E-state index in [-0.39, 0.29) is 5.60 Å². The lowest BCUT2D eigenvalue weighted by Crippen LogP contribution is -2.51. The molecule has 1 atom stereocenters. The number of carbonyl (C=O) groups is 2. The average Bonchev–Trinajstić information content (AvgIpc) is 2.80. The number of hydrogen-bond donors (Lipinski definition) is 1. The molecule has 5 nitrogen and oxygen atoms in total. The molecule has 0 radical (unpaired) electrons. The minimum atomic E-state index is -0.918. The van der Waals surface area contributed by atoms with Crippen molar-refractivity contribution in [2.24, 2.45) is 0 Å². The summed E-state index contributed by atoms with van der Waals surface area (Å²) >= 11 is 1.46. The third kappa shape index (κ3) is 3.63. The summed E-state index contributed by atoms with van der Waals surface area (Å²) in [5.74, 6) is 0.334. The third-order valence-corrected chi connectivity index (χ3v) is 7.86. The summed E-state index contributed by atoms with van der Waals surface area (Å²) in [6.07, 6.45) is 1.62. The van der Waals surface area contributed by atoms with Gasteiger partial charge in [0, 0.05) is 49.4 Å². The zero-order valence-electron chi connectivity index (χ0n) is 17.5. The Morgan fingerprint density at radius 3 is 2.35 bits per heavy atom. The zero-order chi connectivity index (χ0) is 21.6. The van der Waals surface area contributed by atoms with Crippen LogP contribution in [0.4, 0.5) is 0 Å². The molecule has 0 saturated carbocycles. The molecule has 0 bridgehead atoms. The van der Waals surface area contributed by atoms with Gasteiger partial charge in [-0.2, -0.15) is 0 Å². The van der Waals surface area contributed by atoms with E-state index in [4.69, 9.17) is 4.74 Å². The predicted molar refractivity (Wildman–Crippen MR) is 121 cm³/mol. The number of hydrogen-bond acceptors (Lipinski definition) is 6. The number of rotatable bonds is 3. The number of nitrogens with zero attached hydrogens (tertiary/aromatic N) is 1. The second-order valence-electron chi connectivity index (χ2n) is 8.85. The predicted octanol–water partition coefficient (Wildman–Crippen LogP) is 3.63. The first-order chi connectivity index (χ1) is 14.9. The summed E-state index contributed by atoms with van der Waals surface area (Å²) in [7, 11) is 0. The van der Waals surface area contributed by atoms with Crippen LogP contribution in [-0.2, 0) is 15.1 Å². The van der Waals surface area contributed by atoms with Crippen LogP contribution in [0.2, 0.25) is 0 Å². The number of piperidine rings is 1. The van der Waals surface area contributed by atoms with Crippen LogP contribution in [0.25, 0.3) is 5.76 Å².